The number of carbonyl (C=O) groups excluding carboxylic acids is 2. The largest absolute Gasteiger partial charge is 0.380 e. The Kier molecular flexibility index (Phi) is 9.28. The Hall–Kier alpha value is -2.38. The fraction of sp³-hybridized carbons (Fsp3) is 0.444. The lowest BCUT2D eigenvalue weighted by molar-refractivity contribution is -0.273. The zero-order valence-corrected chi connectivity index (χ0v) is 15.1. The fourth-order valence-electron chi connectivity index (χ4n) is 2.05. The topological polar surface area (TPSA) is 74.3 Å². The second-order valence-electron chi connectivity index (χ2n) is 4.88. The van der Waals surface area contributed by atoms with Crippen LogP contribution in [0.5, 0.6) is 0 Å². The molecular weight excluding hydrogens is 326 g/mol. The third-order valence-corrected chi connectivity index (χ3v) is 3.28. The standard InChI is InChI=1S/C18H25NO6/c1-5-19(6-2)15-11-9-14(10-12-15)13-16(17(20)24-22-7-3)18(21)25-23-8-4/h9-13H,5-8H2,1-4H3. The second kappa shape index (κ2) is 11.2. The van der Waals surface area contributed by atoms with Crippen LogP contribution in [0.15, 0.2) is 29.8 Å². The number of hydrogen-bond donors (Lipinski definition) is 0. The van der Waals surface area contributed by atoms with Crippen LogP contribution >= 0.6 is 0 Å². The van der Waals surface area contributed by atoms with Gasteiger partial charge in [-0.25, -0.2) is 9.59 Å². The number of benzene rings is 1. The highest BCUT2D eigenvalue weighted by Crippen LogP contribution is 2.17. The van der Waals surface area contributed by atoms with Crippen molar-refractivity contribution in [2.75, 3.05) is 31.2 Å². The maximum absolute atomic E-state index is 12.0. The first-order valence-corrected chi connectivity index (χ1v) is 8.31. The third-order valence-electron chi connectivity index (χ3n) is 3.28. The van der Waals surface area contributed by atoms with Crippen LogP contribution in [0.2, 0.25) is 0 Å². The Bertz CT molecular complexity index is 556. The van der Waals surface area contributed by atoms with Gasteiger partial charge in [-0.3, -0.25) is 9.78 Å². The summed E-state index contributed by atoms with van der Waals surface area (Å²) in [5.41, 5.74) is 1.38. The van der Waals surface area contributed by atoms with Crippen LogP contribution in [0.4, 0.5) is 5.69 Å². The van der Waals surface area contributed by atoms with Gasteiger partial charge < -0.3 is 4.90 Å². The highest BCUT2D eigenvalue weighted by Gasteiger charge is 2.23. The SMILES string of the molecule is CCOOC(=O)C(=Cc1ccc(N(CC)CC)cc1)C(=O)OOCC. The van der Waals surface area contributed by atoms with Gasteiger partial charge in [-0.2, -0.15) is 9.78 Å². The monoisotopic (exact) mass is 351 g/mol. The Morgan fingerprint density at radius 1 is 0.880 bits per heavy atom. The van der Waals surface area contributed by atoms with Crippen molar-refractivity contribution >= 4 is 23.7 Å². The Balaban J connectivity index is 3.03. The zero-order valence-electron chi connectivity index (χ0n) is 15.1. The average molecular weight is 351 g/mol. The van der Waals surface area contributed by atoms with Crippen LogP contribution in [-0.4, -0.2) is 38.2 Å². The van der Waals surface area contributed by atoms with E-state index < -0.39 is 11.9 Å². The molecule has 0 saturated heterocycles. The fourth-order valence-corrected chi connectivity index (χ4v) is 2.05. The van der Waals surface area contributed by atoms with Gasteiger partial charge in [0, 0.05) is 18.8 Å². The van der Waals surface area contributed by atoms with Crippen LogP contribution in [0.3, 0.4) is 0 Å². The van der Waals surface area contributed by atoms with E-state index >= 15 is 0 Å². The van der Waals surface area contributed by atoms with E-state index in [0.29, 0.717) is 5.56 Å². The molecule has 25 heavy (non-hydrogen) atoms. The first-order chi connectivity index (χ1) is 12.1. The third kappa shape index (κ3) is 6.56. The summed E-state index contributed by atoms with van der Waals surface area (Å²) in [6, 6.07) is 7.43. The van der Waals surface area contributed by atoms with E-state index in [0.717, 1.165) is 18.8 Å². The number of nitrogens with zero attached hydrogens (tertiary/aromatic N) is 1. The van der Waals surface area contributed by atoms with Gasteiger partial charge in [-0.1, -0.05) is 12.1 Å². The first kappa shape index (κ1) is 20.7. The molecule has 138 valence electrons. The van der Waals surface area contributed by atoms with Gasteiger partial charge in [0.25, 0.3) is 0 Å². The van der Waals surface area contributed by atoms with E-state index in [1.165, 1.54) is 6.08 Å². The first-order valence-electron chi connectivity index (χ1n) is 8.31. The lowest BCUT2D eigenvalue weighted by Gasteiger charge is -2.20. The Labute approximate surface area is 148 Å². The maximum atomic E-state index is 12.0. The highest BCUT2D eigenvalue weighted by molar-refractivity contribution is 6.17. The molecule has 0 unspecified atom stereocenters. The summed E-state index contributed by atoms with van der Waals surface area (Å²) in [7, 11) is 0. The van der Waals surface area contributed by atoms with E-state index in [2.05, 4.69) is 38.3 Å². The van der Waals surface area contributed by atoms with E-state index in [1.807, 2.05) is 12.1 Å². The van der Waals surface area contributed by atoms with Gasteiger partial charge >= 0.3 is 11.9 Å². The molecular formula is C18H25NO6. The highest BCUT2D eigenvalue weighted by atomic mass is 17.2. The van der Waals surface area contributed by atoms with Gasteiger partial charge in [0.1, 0.15) is 0 Å². The molecule has 1 aromatic carbocycles. The van der Waals surface area contributed by atoms with Crippen molar-refractivity contribution in [1.82, 2.24) is 0 Å². The number of hydrogen-bond acceptors (Lipinski definition) is 7. The minimum absolute atomic E-state index is 0.165. The molecule has 7 heteroatoms. The molecule has 1 aromatic rings. The average Bonchev–Trinajstić information content (AvgIpc) is 2.64. The second-order valence-corrected chi connectivity index (χ2v) is 4.88. The molecule has 0 N–H and O–H groups in total. The Morgan fingerprint density at radius 2 is 1.36 bits per heavy atom. The van der Waals surface area contributed by atoms with Crippen LogP contribution in [0.1, 0.15) is 33.3 Å². The molecule has 0 atom stereocenters. The summed E-state index contributed by atoms with van der Waals surface area (Å²) in [5, 5.41) is 0. The van der Waals surface area contributed by atoms with Crippen LogP contribution < -0.4 is 4.90 Å². The molecule has 0 heterocycles. The number of carbonyl (C=O) groups is 2. The molecule has 7 nitrogen and oxygen atoms in total. The van der Waals surface area contributed by atoms with E-state index in [-0.39, 0.29) is 18.8 Å². The quantitative estimate of drug-likeness (QED) is 0.211. The molecule has 0 spiro atoms. The van der Waals surface area contributed by atoms with Crippen LogP contribution in [0, 0.1) is 0 Å². The van der Waals surface area contributed by atoms with Gasteiger partial charge in [0.05, 0.1) is 13.2 Å². The summed E-state index contributed by atoms with van der Waals surface area (Å²) < 4.78 is 0. The lowest BCUT2D eigenvalue weighted by atomic mass is 10.1. The summed E-state index contributed by atoms with van der Waals surface area (Å²) in [6.45, 7) is 9.56. The molecule has 1 rings (SSSR count). The van der Waals surface area contributed by atoms with Gasteiger partial charge in [-0.05, 0) is 51.5 Å². The molecule has 0 aliphatic rings. The molecule has 0 aromatic heterocycles. The van der Waals surface area contributed by atoms with Crippen LogP contribution in [0.25, 0.3) is 6.08 Å². The summed E-state index contributed by atoms with van der Waals surface area (Å²) in [4.78, 5) is 44.5. The van der Waals surface area contributed by atoms with Crippen molar-refractivity contribution in [2.24, 2.45) is 0 Å². The van der Waals surface area contributed by atoms with Crippen LogP contribution in [-0.2, 0) is 29.1 Å². The van der Waals surface area contributed by atoms with Crippen molar-refractivity contribution in [2.45, 2.75) is 27.7 Å². The van der Waals surface area contributed by atoms with E-state index in [1.54, 1.807) is 26.0 Å². The predicted molar refractivity (Wildman–Crippen MR) is 93.4 cm³/mol. The number of rotatable bonds is 10. The zero-order chi connectivity index (χ0) is 18.7. The van der Waals surface area contributed by atoms with Gasteiger partial charge in [-0.15, -0.1) is 0 Å². The van der Waals surface area contributed by atoms with Crippen molar-refractivity contribution < 1.29 is 29.1 Å². The Morgan fingerprint density at radius 3 is 1.76 bits per heavy atom. The summed E-state index contributed by atoms with van der Waals surface area (Å²) >= 11 is 0. The molecule has 0 aliphatic carbocycles. The van der Waals surface area contributed by atoms with E-state index in [9.17, 15) is 9.59 Å². The maximum Gasteiger partial charge on any atom is 0.380 e. The van der Waals surface area contributed by atoms with Gasteiger partial charge in [0.15, 0.2) is 5.57 Å². The minimum atomic E-state index is -0.945. The number of anilines is 1. The minimum Gasteiger partial charge on any atom is -0.372 e. The molecule has 0 aliphatic heterocycles. The van der Waals surface area contributed by atoms with Crippen molar-refractivity contribution in [3.63, 3.8) is 0 Å². The summed E-state index contributed by atoms with van der Waals surface area (Å²) in [6.07, 6.45) is 1.37. The molecule has 0 amide bonds. The summed E-state index contributed by atoms with van der Waals surface area (Å²) in [5.74, 6) is -1.89. The predicted octanol–water partition coefficient (Wildman–Crippen LogP) is 2.91. The van der Waals surface area contributed by atoms with Crippen molar-refractivity contribution in [3.05, 3.63) is 35.4 Å². The van der Waals surface area contributed by atoms with E-state index in [4.69, 9.17) is 0 Å². The van der Waals surface area contributed by atoms with Crippen molar-refractivity contribution in [3.8, 4) is 0 Å². The van der Waals surface area contributed by atoms with Gasteiger partial charge in [0.2, 0.25) is 0 Å². The normalized spacial score (nSPS) is 10.1. The van der Waals surface area contributed by atoms with Crippen molar-refractivity contribution in [1.29, 1.82) is 0 Å². The molecule has 0 bridgehead atoms. The molecule has 0 fully saturated rings. The molecule has 0 saturated carbocycles. The lowest BCUT2D eigenvalue weighted by Crippen LogP contribution is -2.21. The molecule has 0 radical (unpaired) electrons. The smallest absolute Gasteiger partial charge is 0.372 e.